The van der Waals surface area contributed by atoms with Crippen LogP contribution < -0.4 is 14.8 Å². The maximum Gasteiger partial charge on any atom is 0.165 e. The number of hydrogen-bond donors (Lipinski definition) is 1. The number of ether oxygens (including phenoxy) is 2. The second kappa shape index (κ2) is 6.48. The molecule has 5 heteroatoms. The van der Waals surface area contributed by atoms with Crippen molar-refractivity contribution in [1.82, 2.24) is 0 Å². The topological polar surface area (TPSA) is 30.5 Å². The molecular formula is C15H15ClFNO2. The summed E-state index contributed by atoms with van der Waals surface area (Å²) >= 11 is 5.97. The largest absolute Gasteiger partial charge is 0.496 e. The summed E-state index contributed by atoms with van der Waals surface area (Å²) in [6.07, 6.45) is 0. The minimum Gasteiger partial charge on any atom is -0.496 e. The van der Waals surface area contributed by atoms with Crippen LogP contribution in [0.15, 0.2) is 36.4 Å². The molecule has 1 N–H and O–H groups in total. The summed E-state index contributed by atoms with van der Waals surface area (Å²) in [6, 6.07) is 10.0. The molecule has 2 aromatic rings. The highest BCUT2D eigenvalue weighted by Crippen LogP contribution is 2.25. The Morgan fingerprint density at radius 3 is 2.50 bits per heavy atom. The standard InChI is InChI=1S/C15H15ClFNO2/c1-19-14-6-3-11(16)7-10(14)9-18-12-4-5-13(17)15(8-12)20-2/h3-8,18H,9H2,1-2H3. The molecule has 2 rings (SSSR count). The Morgan fingerprint density at radius 1 is 1.05 bits per heavy atom. The first-order valence-corrected chi connectivity index (χ1v) is 6.41. The van der Waals surface area contributed by atoms with Crippen molar-refractivity contribution in [1.29, 1.82) is 0 Å². The van der Waals surface area contributed by atoms with Crippen LogP contribution in [-0.2, 0) is 6.54 Å². The smallest absolute Gasteiger partial charge is 0.165 e. The summed E-state index contributed by atoms with van der Waals surface area (Å²) < 4.78 is 23.5. The summed E-state index contributed by atoms with van der Waals surface area (Å²) in [5.41, 5.74) is 1.67. The van der Waals surface area contributed by atoms with Gasteiger partial charge in [0, 0.05) is 28.9 Å². The number of rotatable bonds is 5. The average molecular weight is 296 g/mol. The number of nitrogens with one attached hydrogen (secondary N) is 1. The Kier molecular flexibility index (Phi) is 4.69. The lowest BCUT2D eigenvalue weighted by molar-refractivity contribution is 0.387. The van der Waals surface area contributed by atoms with E-state index in [1.807, 2.05) is 12.1 Å². The summed E-state index contributed by atoms with van der Waals surface area (Å²) in [5, 5.41) is 3.82. The Morgan fingerprint density at radius 2 is 1.80 bits per heavy atom. The Balaban J connectivity index is 2.14. The molecule has 0 spiro atoms. The number of hydrogen-bond acceptors (Lipinski definition) is 3. The van der Waals surface area contributed by atoms with Crippen molar-refractivity contribution >= 4 is 17.3 Å². The van der Waals surface area contributed by atoms with Crippen LogP contribution in [0.2, 0.25) is 5.02 Å². The molecule has 0 fully saturated rings. The molecule has 106 valence electrons. The van der Waals surface area contributed by atoms with Gasteiger partial charge in [-0.3, -0.25) is 0 Å². The van der Waals surface area contributed by atoms with Gasteiger partial charge in [-0.15, -0.1) is 0 Å². The second-order valence-electron chi connectivity index (χ2n) is 4.16. The molecule has 0 heterocycles. The first kappa shape index (κ1) is 14.5. The maximum absolute atomic E-state index is 13.3. The van der Waals surface area contributed by atoms with Crippen LogP contribution in [0.3, 0.4) is 0 Å². The molecule has 0 aliphatic heterocycles. The SMILES string of the molecule is COc1cc(NCc2cc(Cl)ccc2OC)ccc1F. The summed E-state index contributed by atoms with van der Waals surface area (Å²) in [7, 11) is 3.04. The number of halogens is 2. The minimum atomic E-state index is -0.390. The fraction of sp³-hybridized carbons (Fsp3) is 0.200. The van der Waals surface area contributed by atoms with Crippen LogP contribution in [0.1, 0.15) is 5.56 Å². The van der Waals surface area contributed by atoms with E-state index in [1.54, 1.807) is 25.3 Å². The quantitative estimate of drug-likeness (QED) is 0.900. The van der Waals surface area contributed by atoms with Gasteiger partial charge in [0.15, 0.2) is 11.6 Å². The summed E-state index contributed by atoms with van der Waals surface area (Å²) in [4.78, 5) is 0. The summed E-state index contributed by atoms with van der Waals surface area (Å²) in [5.74, 6) is 0.558. The lowest BCUT2D eigenvalue weighted by Gasteiger charge is -2.12. The molecule has 2 aromatic carbocycles. The van der Waals surface area contributed by atoms with Gasteiger partial charge in [-0.1, -0.05) is 11.6 Å². The zero-order valence-electron chi connectivity index (χ0n) is 11.2. The van der Waals surface area contributed by atoms with E-state index in [0.717, 1.165) is 17.0 Å². The van der Waals surface area contributed by atoms with Crippen LogP contribution in [0, 0.1) is 5.82 Å². The van der Waals surface area contributed by atoms with Crippen molar-refractivity contribution in [2.24, 2.45) is 0 Å². The fourth-order valence-electron chi connectivity index (χ4n) is 1.85. The molecule has 0 aliphatic carbocycles. The van der Waals surface area contributed by atoms with Crippen LogP contribution in [0.25, 0.3) is 0 Å². The molecule has 0 aromatic heterocycles. The van der Waals surface area contributed by atoms with Crippen LogP contribution in [0.4, 0.5) is 10.1 Å². The van der Waals surface area contributed by atoms with Gasteiger partial charge in [0.1, 0.15) is 5.75 Å². The third kappa shape index (κ3) is 3.33. The van der Waals surface area contributed by atoms with Crippen LogP contribution in [-0.4, -0.2) is 14.2 Å². The van der Waals surface area contributed by atoms with E-state index >= 15 is 0 Å². The molecular weight excluding hydrogens is 281 g/mol. The van der Waals surface area contributed by atoms with Gasteiger partial charge in [0.25, 0.3) is 0 Å². The van der Waals surface area contributed by atoms with Gasteiger partial charge in [-0.2, -0.15) is 0 Å². The van der Waals surface area contributed by atoms with Crippen molar-refractivity contribution in [3.63, 3.8) is 0 Å². The van der Waals surface area contributed by atoms with Crippen molar-refractivity contribution in [2.75, 3.05) is 19.5 Å². The molecule has 0 aliphatic rings. The molecule has 0 bridgehead atoms. The van der Waals surface area contributed by atoms with Crippen molar-refractivity contribution in [3.8, 4) is 11.5 Å². The highest BCUT2D eigenvalue weighted by Gasteiger charge is 2.06. The van der Waals surface area contributed by atoms with Gasteiger partial charge in [0.2, 0.25) is 0 Å². The number of anilines is 1. The zero-order chi connectivity index (χ0) is 14.5. The minimum absolute atomic E-state index is 0.202. The number of methoxy groups -OCH3 is 2. The third-order valence-corrected chi connectivity index (χ3v) is 3.11. The first-order valence-electron chi connectivity index (χ1n) is 6.04. The van der Waals surface area contributed by atoms with E-state index in [4.69, 9.17) is 21.1 Å². The second-order valence-corrected chi connectivity index (χ2v) is 4.60. The highest BCUT2D eigenvalue weighted by molar-refractivity contribution is 6.30. The van der Waals surface area contributed by atoms with Gasteiger partial charge in [0.05, 0.1) is 14.2 Å². The predicted octanol–water partition coefficient (Wildman–Crippen LogP) is 4.11. The van der Waals surface area contributed by atoms with Crippen LogP contribution >= 0.6 is 11.6 Å². The van der Waals surface area contributed by atoms with E-state index < -0.39 is 5.82 Å². The predicted molar refractivity (Wildman–Crippen MR) is 78.3 cm³/mol. The first-order chi connectivity index (χ1) is 9.63. The molecule has 0 unspecified atom stereocenters. The number of benzene rings is 2. The fourth-order valence-corrected chi connectivity index (χ4v) is 2.05. The monoisotopic (exact) mass is 295 g/mol. The van der Waals surface area contributed by atoms with Crippen LogP contribution in [0.5, 0.6) is 11.5 Å². The van der Waals surface area contributed by atoms with E-state index in [-0.39, 0.29) is 5.75 Å². The lowest BCUT2D eigenvalue weighted by atomic mass is 10.2. The average Bonchev–Trinajstić information content (AvgIpc) is 2.46. The van der Waals surface area contributed by atoms with Crippen molar-refractivity contribution in [2.45, 2.75) is 6.54 Å². The molecule has 20 heavy (non-hydrogen) atoms. The molecule has 0 radical (unpaired) electrons. The van der Waals surface area contributed by atoms with Gasteiger partial charge < -0.3 is 14.8 Å². The Bertz CT molecular complexity index is 604. The molecule has 0 amide bonds. The third-order valence-electron chi connectivity index (χ3n) is 2.88. The van der Waals surface area contributed by atoms with E-state index in [2.05, 4.69) is 5.32 Å². The molecule has 0 saturated carbocycles. The zero-order valence-corrected chi connectivity index (χ0v) is 12.0. The van der Waals surface area contributed by atoms with E-state index in [1.165, 1.54) is 13.2 Å². The maximum atomic E-state index is 13.3. The highest BCUT2D eigenvalue weighted by atomic mass is 35.5. The lowest BCUT2D eigenvalue weighted by Crippen LogP contribution is -2.02. The van der Waals surface area contributed by atoms with Gasteiger partial charge in [-0.25, -0.2) is 4.39 Å². The van der Waals surface area contributed by atoms with Gasteiger partial charge in [-0.05, 0) is 30.3 Å². The van der Waals surface area contributed by atoms with E-state index in [0.29, 0.717) is 11.6 Å². The molecule has 3 nitrogen and oxygen atoms in total. The van der Waals surface area contributed by atoms with E-state index in [9.17, 15) is 4.39 Å². The Hall–Kier alpha value is -1.94. The normalized spacial score (nSPS) is 10.2. The molecule has 0 saturated heterocycles. The molecule has 0 atom stereocenters. The van der Waals surface area contributed by atoms with Crippen molar-refractivity contribution < 1.29 is 13.9 Å². The van der Waals surface area contributed by atoms with Gasteiger partial charge >= 0.3 is 0 Å². The Labute approximate surface area is 122 Å². The summed E-state index contributed by atoms with van der Waals surface area (Å²) in [6.45, 7) is 0.512. The van der Waals surface area contributed by atoms with Crippen molar-refractivity contribution in [3.05, 3.63) is 52.8 Å².